The second-order valence-electron chi connectivity index (χ2n) is 2.49. The Balaban J connectivity index is 2.68. The van der Waals surface area contributed by atoms with Crippen LogP contribution in [0.2, 0.25) is 0 Å². The first-order valence-corrected chi connectivity index (χ1v) is 5.31. The van der Waals surface area contributed by atoms with E-state index in [9.17, 15) is 4.57 Å². The van der Waals surface area contributed by atoms with Crippen LogP contribution in [0.1, 0.15) is 6.42 Å². The summed E-state index contributed by atoms with van der Waals surface area (Å²) in [5, 5.41) is 0. The van der Waals surface area contributed by atoms with E-state index in [-0.39, 0.29) is 0 Å². The van der Waals surface area contributed by atoms with E-state index >= 15 is 0 Å². The van der Waals surface area contributed by atoms with E-state index < -0.39 is 7.60 Å². The molecule has 0 saturated carbocycles. The normalized spacial score (nSPS) is 22.0. The molecule has 0 aromatic carbocycles. The molecule has 0 amide bonds. The maximum Gasteiger partial charge on any atom is 0.353 e. The highest BCUT2D eigenvalue weighted by Crippen LogP contribution is 2.49. The molecule has 0 aromatic heterocycles. The topological polar surface area (TPSA) is 44.8 Å². The molecule has 5 heteroatoms. The molecule has 1 aliphatic rings. The third kappa shape index (κ3) is 2.42. The summed E-state index contributed by atoms with van der Waals surface area (Å²) in [6, 6.07) is 0. The molecule has 1 rings (SSSR count). The average molecular weight is 192 g/mol. The van der Waals surface area contributed by atoms with Crippen molar-refractivity contribution in [3.05, 3.63) is 11.4 Å². The van der Waals surface area contributed by atoms with E-state index in [0.717, 1.165) is 12.0 Å². The highest BCUT2D eigenvalue weighted by atomic mass is 31.2. The van der Waals surface area contributed by atoms with Crippen LogP contribution in [0.4, 0.5) is 0 Å². The molecule has 1 aliphatic heterocycles. The SMILES string of the molecule is COP(=O)(/C=C1/CCOC1)OC. The lowest BCUT2D eigenvalue weighted by Gasteiger charge is -2.08. The Labute approximate surface area is 72.0 Å². The van der Waals surface area contributed by atoms with E-state index in [1.165, 1.54) is 14.2 Å². The predicted octanol–water partition coefficient (Wildman–Crippen LogP) is 1.78. The van der Waals surface area contributed by atoms with E-state index in [4.69, 9.17) is 13.8 Å². The number of hydrogen-bond acceptors (Lipinski definition) is 4. The van der Waals surface area contributed by atoms with E-state index in [1.807, 2.05) is 0 Å². The molecule has 1 fully saturated rings. The summed E-state index contributed by atoms with van der Waals surface area (Å²) in [5.41, 5.74) is 0.988. The van der Waals surface area contributed by atoms with Crippen molar-refractivity contribution in [1.82, 2.24) is 0 Å². The molecule has 0 aliphatic carbocycles. The van der Waals surface area contributed by atoms with Gasteiger partial charge in [0.2, 0.25) is 0 Å². The van der Waals surface area contributed by atoms with Gasteiger partial charge >= 0.3 is 7.60 Å². The first-order chi connectivity index (χ1) is 5.70. The van der Waals surface area contributed by atoms with Gasteiger partial charge in [0.1, 0.15) is 0 Å². The molecule has 0 unspecified atom stereocenters. The molecule has 0 spiro atoms. The summed E-state index contributed by atoms with van der Waals surface area (Å²) in [5.74, 6) is 1.54. The molecular formula is C7H13O4P. The van der Waals surface area contributed by atoms with Gasteiger partial charge in [-0.25, -0.2) is 0 Å². The summed E-state index contributed by atoms with van der Waals surface area (Å²) in [6.45, 7) is 1.23. The van der Waals surface area contributed by atoms with Crippen molar-refractivity contribution >= 4 is 7.60 Å². The first-order valence-electron chi connectivity index (χ1n) is 3.70. The van der Waals surface area contributed by atoms with Crippen LogP contribution in [0.15, 0.2) is 11.4 Å². The zero-order chi connectivity index (χ0) is 9.03. The number of ether oxygens (including phenoxy) is 1. The third-order valence-electron chi connectivity index (χ3n) is 1.70. The van der Waals surface area contributed by atoms with Gasteiger partial charge in [-0.05, 0) is 12.0 Å². The highest BCUT2D eigenvalue weighted by molar-refractivity contribution is 7.57. The van der Waals surface area contributed by atoms with Crippen LogP contribution in [0.3, 0.4) is 0 Å². The zero-order valence-electron chi connectivity index (χ0n) is 7.28. The van der Waals surface area contributed by atoms with Crippen LogP contribution < -0.4 is 0 Å². The Morgan fingerprint density at radius 2 is 2.17 bits per heavy atom. The van der Waals surface area contributed by atoms with Crippen molar-refractivity contribution in [3.63, 3.8) is 0 Å². The van der Waals surface area contributed by atoms with Crippen molar-refractivity contribution in [1.29, 1.82) is 0 Å². The number of rotatable bonds is 3. The Morgan fingerprint density at radius 3 is 2.58 bits per heavy atom. The molecule has 1 heterocycles. The molecule has 0 bridgehead atoms. The van der Waals surface area contributed by atoms with Crippen LogP contribution in [0, 0.1) is 0 Å². The van der Waals surface area contributed by atoms with Gasteiger partial charge in [0, 0.05) is 20.0 Å². The fourth-order valence-corrected chi connectivity index (χ4v) is 1.99. The third-order valence-corrected chi connectivity index (χ3v) is 3.40. The molecular weight excluding hydrogens is 179 g/mol. The monoisotopic (exact) mass is 192 g/mol. The Morgan fingerprint density at radius 1 is 1.50 bits per heavy atom. The van der Waals surface area contributed by atoms with Gasteiger partial charge in [-0.2, -0.15) is 0 Å². The summed E-state index contributed by atoms with van der Waals surface area (Å²) in [7, 11) is -0.228. The van der Waals surface area contributed by atoms with Crippen molar-refractivity contribution in [2.45, 2.75) is 6.42 Å². The zero-order valence-corrected chi connectivity index (χ0v) is 8.17. The molecule has 4 nitrogen and oxygen atoms in total. The Kier molecular flexibility index (Phi) is 3.47. The summed E-state index contributed by atoms with van der Waals surface area (Å²) in [4.78, 5) is 0. The molecule has 1 saturated heterocycles. The Hall–Kier alpha value is -0.150. The van der Waals surface area contributed by atoms with Gasteiger partial charge in [0.05, 0.1) is 13.2 Å². The first kappa shape index (κ1) is 9.93. The van der Waals surface area contributed by atoms with Crippen LogP contribution in [-0.2, 0) is 18.3 Å². The minimum absolute atomic E-state index is 0.538. The molecule has 0 N–H and O–H groups in total. The van der Waals surface area contributed by atoms with Crippen LogP contribution in [0.25, 0.3) is 0 Å². The lowest BCUT2D eigenvalue weighted by Crippen LogP contribution is -1.87. The van der Waals surface area contributed by atoms with Crippen LogP contribution >= 0.6 is 7.60 Å². The van der Waals surface area contributed by atoms with Crippen molar-refractivity contribution in [2.24, 2.45) is 0 Å². The van der Waals surface area contributed by atoms with Gasteiger partial charge in [-0.3, -0.25) is 4.57 Å². The van der Waals surface area contributed by atoms with Crippen LogP contribution in [0.5, 0.6) is 0 Å². The van der Waals surface area contributed by atoms with Gasteiger partial charge in [-0.15, -0.1) is 0 Å². The minimum atomic E-state index is -2.97. The second kappa shape index (κ2) is 4.19. The summed E-state index contributed by atoms with van der Waals surface area (Å²) >= 11 is 0. The summed E-state index contributed by atoms with van der Waals surface area (Å²) in [6.07, 6.45) is 0.816. The van der Waals surface area contributed by atoms with E-state index in [0.29, 0.717) is 13.2 Å². The van der Waals surface area contributed by atoms with Gasteiger partial charge in [0.25, 0.3) is 0 Å². The molecule has 0 atom stereocenters. The molecule has 70 valence electrons. The summed E-state index contributed by atoms with van der Waals surface area (Å²) < 4.78 is 26.1. The maximum atomic E-state index is 11.5. The second-order valence-corrected chi connectivity index (χ2v) is 4.56. The van der Waals surface area contributed by atoms with Gasteiger partial charge in [0.15, 0.2) is 0 Å². The lowest BCUT2D eigenvalue weighted by atomic mass is 10.3. The fraction of sp³-hybridized carbons (Fsp3) is 0.714. The van der Waals surface area contributed by atoms with E-state index in [1.54, 1.807) is 5.82 Å². The largest absolute Gasteiger partial charge is 0.377 e. The van der Waals surface area contributed by atoms with Crippen molar-refractivity contribution in [3.8, 4) is 0 Å². The fourth-order valence-electron chi connectivity index (χ4n) is 0.984. The van der Waals surface area contributed by atoms with Crippen LogP contribution in [-0.4, -0.2) is 27.4 Å². The predicted molar refractivity (Wildman–Crippen MR) is 45.1 cm³/mol. The number of hydrogen-bond donors (Lipinski definition) is 0. The lowest BCUT2D eigenvalue weighted by molar-refractivity contribution is 0.204. The van der Waals surface area contributed by atoms with Gasteiger partial charge in [-0.1, -0.05) is 0 Å². The Bertz CT molecular complexity index is 207. The molecule has 0 radical (unpaired) electrons. The smallest absolute Gasteiger partial charge is 0.353 e. The maximum absolute atomic E-state index is 11.5. The van der Waals surface area contributed by atoms with Crippen molar-refractivity contribution < 1.29 is 18.3 Å². The average Bonchev–Trinajstić information content (AvgIpc) is 2.57. The van der Waals surface area contributed by atoms with Crippen molar-refractivity contribution in [2.75, 3.05) is 27.4 Å². The van der Waals surface area contributed by atoms with E-state index in [2.05, 4.69) is 0 Å². The minimum Gasteiger partial charge on any atom is -0.377 e. The van der Waals surface area contributed by atoms with Gasteiger partial charge < -0.3 is 13.8 Å². The standard InChI is InChI=1S/C7H13O4P/c1-9-12(8,10-2)6-7-3-4-11-5-7/h6H,3-5H2,1-2H3/b7-6-. The molecule has 0 aromatic rings. The highest BCUT2D eigenvalue weighted by Gasteiger charge is 2.20. The molecule has 12 heavy (non-hydrogen) atoms. The quantitative estimate of drug-likeness (QED) is 0.639.